The van der Waals surface area contributed by atoms with E-state index in [0.29, 0.717) is 11.7 Å². The number of hydrogen-bond donors (Lipinski definition) is 1. The van der Waals surface area contributed by atoms with Gasteiger partial charge in [-0.15, -0.1) is 16.9 Å². The van der Waals surface area contributed by atoms with Gasteiger partial charge in [0.15, 0.2) is 0 Å². The summed E-state index contributed by atoms with van der Waals surface area (Å²) in [4.78, 5) is 13.0. The number of thioether (sulfide) groups is 1. The van der Waals surface area contributed by atoms with Crippen LogP contribution >= 0.6 is 11.8 Å². The summed E-state index contributed by atoms with van der Waals surface area (Å²) in [7, 11) is 0. The number of hydrogen-bond acceptors (Lipinski definition) is 6. The van der Waals surface area contributed by atoms with Crippen molar-refractivity contribution >= 4 is 23.7 Å². The summed E-state index contributed by atoms with van der Waals surface area (Å²) in [5.74, 6) is 1.86. The first kappa shape index (κ1) is 16.3. The first-order valence-corrected chi connectivity index (χ1v) is 8.40. The number of furan rings is 1. The molecule has 0 saturated carbocycles. The van der Waals surface area contributed by atoms with Gasteiger partial charge in [-0.1, -0.05) is 22.8 Å². The van der Waals surface area contributed by atoms with Crippen molar-refractivity contribution in [2.45, 2.75) is 25.7 Å². The summed E-state index contributed by atoms with van der Waals surface area (Å²) in [6, 6.07) is 9.91. The standard InChI is InChI=1S/C17H17N3O3S/c1-10-4-6-13(7-5-10)24-9-15(21)18-17-20-19-16(23-17)14-8-11(2)22-12(14)3/h4-8H,9H2,1-3H3,(H,18,20,21). The van der Waals surface area contributed by atoms with Gasteiger partial charge in [0, 0.05) is 4.90 Å². The average Bonchev–Trinajstić information content (AvgIpc) is 3.12. The SMILES string of the molecule is Cc1ccc(SCC(=O)Nc2nnc(-c3cc(C)oc3C)o2)cc1. The van der Waals surface area contributed by atoms with E-state index in [1.165, 1.54) is 17.3 Å². The van der Waals surface area contributed by atoms with E-state index in [4.69, 9.17) is 8.83 Å². The monoisotopic (exact) mass is 343 g/mol. The van der Waals surface area contributed by atoms with E-state index in [0.717, 1.165) is 16.2 Å². The third kappa shape index (κ3) is 3.86. The fraction of sp³-hybridized carbons (Fsp3) is 0.235. The van der Waals surface area contributed by atoms with Crippen LogP contribution in [0.5, 0.6) is 0 Å². The predicted octanol–water partition coefficient (Wildman–Crippen LogP) is 3.99. The molecule has 0 aliphatic rings. The number of nitrogens with one attached hydrogen (secondary N) is 1. The largest absolute Gasteiger partial charge is 0.466 e. The van der Waals surface area contributed by atoms with Crippen LogP contribution in [0.2, 0.25) is 0 Å². The fourth-order valence-corrected chi connectivity index (χ4v) is 2.86. The number of aryl methyl sites for hydroxylation is 3. The summed E-state index contributed by atoms with van der Waals surface area (Å²) in [6.45, 7) is 5.69. The molecule has 3 rings (SSSR count). The van der Waals surface area contributed by atoms with Gasteiger partial charge in [-0.25, -0.2) is 0 Å². The average molecular weight is 343 g/mol. The number of anilines is 1. The number of amides is 1. The molecule has 0 fully saturated rings. The van der Waals surface area contributed by atoms with Crippen LogP contribution in [0.15, 0.2) is 44.1 Å². The van der Waals surface area contributed by atoms with Crippen molar-refractivity contribution in [3.63, 3.8) is 0 Å². The van der Waals surface area contributed by atoms with Crippen molar-refractivity contribution in [2.75, 3.05) is 11.1 Å². The molecule has 1 aromatic carbocycles. The summed E-state index contributed by atoms with van der Waals surface area (Å²) < 4.78 is 10.9. The molecule has 0 aliphatic heterocycles. The Morgan fingerprint density at radius 3 is 2.54 bits per heavy atom. The Hall–Kier alpha value is -2.54. The van der Waals surface area contributed by atoms with Crippen LogP contribution in [0.25, 0.3) is 11.5 Å². The van der Waals surface area contributed by atoms with Crippen LogP contribution < -0.4 is 5.32 Å². The molecular weight excluding hydrogens is 326 g/mol. The molecule has 1 amide bonds. The lowest BCUT2D eigenvalue weighted by Gasteiger charge is -2.01. The second-order valence-corrected chi connectivity index (χ2v) is 6.44. The van der Waals surface area contributed by atoms with E-state index >= 15 is 0 Å². The molecule has 0 atom stereocenters. The Morgan fingerprint density at radius 2 is 1.88 bits per heavy atom. The lowest BCUT2D eigenvalue weighted by molar-refractivity contribution is -0.113. The molecule has 0 bridgehead atoms. The minimum Gasteiger partial charge on any atom is -0.466 e. The van der Waals surface area contributed by atoms with E-state index in [2.05, 4.69) is 15.5 Å². The Kier molecular flexibility index (Phi) is 4.71. The van der Waals surface area contributed by atoms with E-state index in [1.807, 2.05) is 51.1 Å². The summed E-state index contributed by atoms with van der Waals surface area (Å²) >= 11 is 1.45. The van der Waals surface area contributed by atoms with Crippen molar-refractivity contribution in [3.8, 4) is 11.5 Å². The maximum Gasteiger partial charge on any atom is 0.322 e. The number of carbonyl (C=O) groups is 1. The highest BCUT2D eigenvalue weighted by Gasteiger charge is 2.16. The molecule has 1 N–H and O–H groups in total. The zero-order chi connectivity index (χ0) is 17.1. The van der Waals surface area contributed by atoms with Crippen LogP contribution in [-0.4, -0.2) is 21.9 Å². The fourth-order valence-electron chi connectivity index (χ4n) is 2.16. The molecule has 3 aromatic rings. The lowest BCUT2D eigenvalue weighted by atomic mass is 10.2. The van der Waals surface area contributed by atoms with Gasteiger partial charge < -0.3 is 8.83 Å². The van der Waals surface area contributed by atoms with Gasteiger partial charge in [0.2, 0.25) is 5.91 Å². The first-order valence-electron chi connectivity index (χ1n) is 7.41. The molecule has 0 saturated heterocycles. The van der Waals surface area contributed by atoms with Crippen LogP contribution in [0, 0.1) is 20.8 Å². The number of aromatic nitrogens is 2. The van der Waals surface area contributed by atoms with Crippen LogP contribution in [0.3, 0.4) is 0 Å². The maximum atomic E-state index is 12.0. The topological polar surface area (TPSA) is 81.2 Å². The molecule has 0 aliphatic carbocycles. The van der Waals surface area contributed by atoms with Gasteiger partial charge in [-0.2, -0.15) is 0 Å². The van der Waals surface area contributed by atoms with E-state index in [-0.39, 0.29) is 17.7 Å². The normalized spacial score (nSPS) is 10.8. The zero-order valence-corrected chi connectivity index (χ0v) is 14.4. The number of carbonyl (C=O) groups excluding carboxylic acids is 1. The van der Waals surface area contributed by atoms with Gasteiger partial charge >= 0.3 is 6.01 Å². The van der Waals surface area contributed by atoms with Crippen molar-refractivity contribution in [3.05, 3.63) is 47.4 Å². The van der Waals surface area contributed by atoms with Gasteiger partial charge in [0.05, 0.1) is 11.3 Å². The number of nitrogens with zero attached hydrogens (tertiary/aromatic N) is 2. The summed E-state index contributed by atoms with van der Waals surface area (Å²) in [6.07, 6.45) is 0. The second-order valence-electron chi connectivity index (χ2n) is 5.39. The molecule has 24 heavy (non-hydrogen) atoms. The van der Waals surface area contributed by atoms with E-state index < -0.39 is 0 Å². The molecule has 0 unspecified atom stereocenters. The minimum atomic E-state index is -0.198. The number of benzene rings is 1. The molecule has 0 radical (unpaired) electrons. The van der Waals surface area contributed by atoms with Gasteiger partial charge in [-0.3, -0.25) is 10.1 Å². The third-order valence-electron chi connectivity index (χ3n) is 3.33. The second kappa shape index (κ2) is 6.92. The molecule has 0 spiro atoms. The van der Waals surface area contributed by atoms with Crippen molar-refractivity contribution in [1.82, 2.24) is 10.2 Å². The van der Waals surface area contributed by atoms with Crippen LogP contribution in [0.1, 0.15) is 17.1 Å². The molecular formula is C17H17N3O3S. The Labute approximate surface area is 143 Å². The van der Waals surface area contributed by atoms with Crippen molar-refractivity contribution in [1.29, 1.82) is 0 Å². The first-order chi connectivity index (χ1) is 11.5. The smallest absolute Gasteiger partial charge is 0.322 e. The van der Waals surface area contributed by atoms with Gasteiger partial charge in [0.1, 0.15) is 11.5 Å². The summed E-state index contributed by atoms with van der Waals surface area (Å²) in [5.41, 5.74) is 1.92. The van der Waals surface area contributed by atoms with Crippen LogP contribution in [0.4, 0.5) is 6.01 Å². The Morgan fingerprint density at radius 1 is 1.12 bits per heavy atom. The van der Waals surface area contributed by atoms with Gasteiger partial charge in [0.25, 0.3) is 5.89 Å². The number of rotatable bonds is 5. The van der Waals surface area contributed by atoms with Crippen molar-refractivity contribution < 1.29 is 13.6 Å². The quantitative estimate of drug-likeness (QED) is 0.706. The molecule has 7 heteroatoms. The van der Waals surface area contributed by atoms with E-state index in [9.17, 15) is 4.79 Å². The molecule has 6 nitrogen and oxygen atoms in total. The molecule has 2 aromatic heterocycles. The lowest BCUT2D eigenvalue weighted by Crippen LogP contribution is -2.14. The Balaban J connectivity index is 1.59. The summed E-state index contributed by atoms with van der Waals surface area (Å²) in [5, 5.41) is 10.4. The zero-order valence-electron chi connectivity index (χ0n) is 13.6. The van der Waals surface area contributed by atoms with Crippen LogP contribution in [-0.2, 0) is 4.79 Å². The molecule has 2 heterocycles. The highest BCUT2D eigenvalue weighted by atomic mass is 32.2. The third-order valence-corrected chi connectivity index (χ3v) is 4.35. The minimum absolute atomic E-state index is 0.0813. The van der Waals surface area contributed by atoms with Crippen molar-refractivity contribution in [2.24, 2.45) is 0 Å². The highest BCUT2D eigenvalue weighted by Crippen LogP contribution is 2.26. The maximum absolute atomic E-state index is 12.0. The van der Waals surface area contributed by atoms with Gasteiger partial charge in [-0.05, 0) is 39.0 Å². The molecule has 124 valence electrons. The Bertz CT molecular complexity index is 852. The van der Waals surface area contributed by atoms with E-state index in [1.54, 1.807) is 0 Å². The highest BCUT2D eigenvalue weighted by molar-refractivity contribution is 8.00. The predicted molar refractivity (Wildman–Crippen MR) is 92.0 cm³/mol.